The highest BCUT2D eigenvalue weighted by atomic mass is 79.9. The molecule has 0 aromatic heterocycles. The molecule has 2 atom stereocenters. The molecule has 0 spiro atoms. The summed E-state index contributed by atoms with van der Waals surface area (Å²) in [4.78, 5) is 0. The molecule has 1 aliphatic carbocycles. The fourth-order valence-corrected chi connectivity index (χ4v) is 2.54. The van der Waals surface area contributed by atoms with Gasteiger partial charge in [-0.3, -0.25) is 0 Å². The molecule has 1 aliphatic rings. The molecule has 76 valence electrons. The first-order valence-electron chi connectivity index (χ1n) is 4.65. The van der Waals surface area contributed by atoms with Crippen molar-refractivity contribution in [1.29, 1.82) is 0 Å². The molecule has 14 heavy (non-hydrogen) atoms. The first kappa shape index (κ1) is 10.1. The van der Waals surface area contributed by atoms with Crippen molar-refractivity contribution in [3.8, 4) is 0 Å². The summed E-state index contributed by atoms with van der Waals surface area (Å²) in [5.41, 5.74) is 7.03. The van der Waals surface area contributed by atoms with Crippen LogP contribution in [0, 0.1) is 11.2 Å². The second kappa shape index (κ2) is 3.04. The molecule has 0 unspecified atom stereocenters. The molecule has 1 saturated carbocycles. The monoisotopic (exact) mass is 257 g/mol. The molecule has 1 aromatic rings. The normalized spacial score (nSPS) is 28.9. The van der Waals surface area contributed by atoms with E-state index in [1.807, 2.05) is 6.07 Å². The van der Waals surface area contributed by atoms with Crippen molar-refractivity contribution in [1.82, 2.24) is 0 Å². The van der Waals surface area contributed by atoms with E-state index in [1.54, 1.807) is 6.07 Å². The molecule has 0 radical (unpaired) electrons. The number of hydrogen-bond acceptors (Lipinski definition) is 1. The quantitative estimate of drug-likeness (QED) is 0.823. The van der Waals surface area contributed by atoms with Crippen molar-refractivity contribution in [3.05, 3.63) is 34.1 Å². The van der Waals surface area contributed by atoms with Gasteiger partial charge in [0, 0.05) is 12.0 Å². The van der Waals surface area contributed by atoms with Crippen LogP contribution in [-0.2, 0) is 0 Å². The van der Waals surface area contributed by atoms with Gasteiger partial charge < -0.3 is 5.73 Å². The van der Waals surface area contributed by atoms with Crippen molar-refractivity contribution < 1.29 is 4.39 Å². The van der Waals surface area contributed by atoms with E-state index in [2.05, 4.69) is 29.8 Å². The van der Waals surface area contributed by atoms with E-state index < -0.39 is 0 Å². The van der Waals surface area contributed by atoms with Crippen LogP contribution in [0.25, 0.3) is 0 Å². The van der Waals surface area contributed by atoms with Crippen molar-refractivity contribution in [2.24, 2.45) is 11.1 Å². The summed E-state index contributed by atoms with van der Waals surface area (Å²) < 4.78 is 13.8. The largest absolute Gasteiger partial charge is 0.327 e. The smallest absolute Gasteiger partial charge is 0.137 e. The van der Waals surface area contributed by atoms with Gasteiger partial charge in [-0.15, -0.1) is 0 Å². The van der Waals surface area contributed by atoms with Gasteiger partial charge in [-0.1, -0.05) is 26.0 Å². The Morgan fingerprint density at radius 1 is 1.43 bits per heavy atom. The minimum absolute atomic E-state index is 0.0936. The van der Waals surface area contributed by atoms with E-state index in [1.165, 1.54) is 6.07 Å². The molecule has 1 fully saturated rings. The predicted octanol–water partition coefficient (Wildman–Crippen LogP) is 3.04. The van der Waals surface area contributed by atoms with Crippen LogP contribution in [0.5, 0.6) is 0 Å². The van der Waals surface area contributed by atoms with Crippen LogP contribution < -0.4 is 5.73 Å². The third-order valence-corrected chi connectivity index (χ3v) is 4.06. The van der Waals surface area contributed by atoms with Gasteiger partial charge in [0.25, 0.3) is 0 Å². The zero-order chi connectivity index (χ0) is 10.5. The minimum Gasteiger partial charge on any atom is -0.327 e. The predicted molar refractivity (Wildman–Crippen MR) is 58.6 cm³/mol. The summed E-state index contributed by atoms with van der Waals surface area (Å²) in [5.74, 6) is 0.0602. The fourth-order valence-electron chi connectivity index (χ4n) is 2.03. The topological polar surface area (TPSA) is 26.0 Å². The van der Waals surface area contributed by atoms with Crippen LogP contribution in [0.2, 0.25) is 0 Å². The Bertz CT molecular complexity index is 376. The van der Waals surface area contributed by atoms with Crippen LogP contribution in [0.3, 0.4) is 0 Å². The number of hydrogen-bond donors (Lipinski definition) is 1. The molecule has 1 aromatic carbocycles. The van der Waals surface area contributed by atoms with Gasteiger partial charge >= 0.3 is 0 Å². The van der Waals surface area contributed by atoms with E-state index >= 15 is 0 Å². The van der Waals surface area contributed by atoms with Gasteiger partial charge in [-0.25, -0.2) is 4.39 Å². The third-order valence-electron chi connectivity index (χ3n) is 3.23. The molecular weight excluding hydrogens is 245 g/mol. The first-order valence-corrected chi connectivity index (χ1v) is 5.45. The zero-order valence-corrected chi connectivity index (χ0v) is 9.81. The SMILES string of the molecule is CC1(C)[C@H](N)[C@H]1c1cccc(F)c1Br. The van der Waals surface area contributed by atoms with Gasteiger partial charge in [0.1, 0.15) is 5.82 Å². The summed E-state index contributed by atoms with van der Waals surface area (Å²) >= 11 is 3.27. The Kier molecular flexibility index (Phi) is 2.20. The first-order chi connectivity index (χ1) is 6.46. The standard InChI is InChI=1S/C11H13BrFN/c1-11(2)8(10(11)14)6-4-3-5-7(13)9(6)12/h3-5,8,10H,14H2,1-2H3/t8-,10-/m1/s1. The highest BCUT2D eigenvalue weighted by molar-refractivity contribution is 9.10. The molecule has 0 amide bonds. The van der Waals surface area contributed by atoms with Gasteiger partial charge in [0.2, 0.25) is 0 Å². The Labute approximate surface area is 91.6 Å². The maximum absolute atomic E-state index is 13.3. The van der Waals surface area contributed by atoms with Crippen LogP contribution in [0.15, 0.2) is 22.7 Å². The number of halogens is 2. The molecule has 3 heteroatoms. The van der Waals surface area contributed by atoms with Gasteiger partial charge in [0.15, 0.2) is 0 Å². The third kappa shape index (κ3) is 1.30. The van der Waals surface area contributed by atoms with Crippen molar-refractivity contribution in [2.45, 2.75) is 25.8 Å². The van der Waals surface area contributed by atoms with Gasteiger partial charge in [0.05, 0.1) is 4.47 Å². The second-order valence-electron chi connectivity index (χ2n) is 4.47. The number of rotatable bonds is 1. The molecule has 0 heterocycles. The minimum atomic E-state index is -0.211. The second-order valence-corrected chi connectivity index (χ2v) is 5.26. The lowest BCUT2D eigenvalue weighted by Crippen LogP contribution is -2.06. The highest BCUT2D eigenvalue weighted by Gasteiger charge is 2.56. The highest BCUT2D eigenvalue weighted by Crippen LogP contribution is 2.58. The van der Waals surface area contributed by atoms with Crippen LogP contribution in [-0.4, -0.2) is 6.04 Å². The fraction of sp³-hybridized carbons (Fsp3) is 0.455. The van der Waals surface area contributed by atoms with Crippen molar-refractivity contribution >= 4 is 15.9 Å². The summed E-state index contributed by atoms with van der Waals surface area (Å²) in [7, 11) is 0. The summed E-state index contributed by atoms with van der Waals surface area (Å²) in [6.45, 7) is 4.22. The van der Waals surface area contributed by atoms with Crippen LogP contribution >= 0.6 is 15.9 Å². The molecular formula is C11H13BrFN. The van der Waals surface area contributed by atoms with Gasteiger partial charge in [-0.2, -0.15) is 0 Å². The number of nitrogens with two attached hydrogens (primary N) is 1. The molecule has 0 saturated heterocycles. The average Bonchev–Trinajstić information content (AvgIpc) is 2.59. The molecule has 2 N–H and O–H groups in total. The summed E-state index contributed by atoms with van der Waals surface area (Å²) in [6, 6.07) is 5.26. The van der Waals surface area contributed by atoms with E-state index in [0.717, 1.165) is 5.56 Å². The summed E-state index contributed by atoms with van der Waals surface area (Å²) in [6.07, 6.45) is 0. The maximum Gasteiger partial charge on any atom is 0.137 e. The molecule has 0 aliphatic heterocycles. The van der Waals surface area contributed by atoms with Crippen molar-refractivity contribution in [3.63, 3.8) is 0 Å². The van der Waals surface area contributed by atoms with Gasteiger partial charge in [-0.05, 0) is 33.0 Å². The van der Waals surface area contributed by atoms with Crippen LogP contribution in [0.1, 0.15) is 25.3 Å². The van der Waals surface area contributed by atoms with E-state index in [4.69, 9.17) is 5.73 Å². The maximum atomic E-state index is 13.3. The van der Waals surface area contributed by atoms with E-state index in [9.17, 15) is 4.39 Å². The molecule has 2 rings (SSSR count). The number of benzene rings is 1. The Morgan fingerprint density at radius 2 is 2.00 bits per heavy atom. The Balaban J connectivity index is 2.40. The lowest BCUT2D eigenvalue weighted by Gasteiger charge is -2.05. The zero-order valence-electron chi connectivity index (χ0n) is 8.22. The lowest BCUT2D eigenvalue weighted by atomic mass is 10.0. The van der Waals surface area contributed by atoms with E-state index in [-0.39, 0.29) is 23.2 Å². The molecule has 1 nitrogen and oxygen atoms in total. The Hall–Kier alpha value is -0.410. The van der Waals surface area contributed by atoms with Crippen LogP contribution in [0.4, 0.5) is 4.39 Å². The van der Waals surface area contributed by atoms with Crippen molar-refractivity contribution in [2.75, 3.05) is 0 Å². The average molecular weight is 258 g/mol. The summed E-state index contributed by atoms with van der Waals surface area (Å²) in [5, 5.41) is 0. The Morgan fingerprint density at radius 3 is 2.50 bits per heavy atom. The molecule has 0 bridgehead atoms. The van der Waals surface area contributed by atoms with E-state index in [0.29, 0.717) is 4.47 Å². The lowest BCUT2D eigenvalue weighted by molar-refractivity contribution is 0.591.